The van der Waals surface area contributed by atoms with Crippen LogP contribution in [-0.2, 0) is 11.2 Å². The maximum Gasteiger partial charge on any atom is 0.404 e. The third-order valence-corrected chi connectivity index (χ3v) is 3.95. The van der Waals surface area contributed by atoms with E-state index in [0.717, 1.165) is 42.5 Å². The number of amides is 1. The van der Waals surface area contributed by atoms with Gasteiger partial charge in [0.2, 0.25) is 0 Å². The van der Waals surface area contributed by atoms with Crippen LogP contribution < -0.4 is 5.32 Å². The van der Waals surface area contributed by atoms with Crippen molar-refractivity contribution >= 4 is 17.1 Å². The van der Waals surface area contributed by atoms with E-state index >= 15 is 0 Å². The molecular formula is C15H20N4O4. The molecule has 0 aromatic carbocycles. The summed E-state index contributed by atoms with van der Waals surface area (Å²) in [7, 11) is 0. The van der Waals surface area contributed by atoms with Gasteiger partial charge in [-0.2, -0.15) is 5.10 Å². The number of rotatable bonds is 5. The summed E-state index contributed by atoms with van der Waals surface area (Å²) in [5.74, 6) is 0. The van der Waals surface area contributed by atoms with Gasteiger partial charge in [0, 0.05) is 18.2 Å². The molecule has 8 heteroatoms. The van der Waals surface area contributed by atoms with E-state index in [1.54, 1.807) is 17.1 Å². The van der Waals surface area contributed by atoms with E-state index in [0.29, 0.717) is 6.42 Å². The summed E-state index contributed by atoms with van der Waals surface area (Å²) >= 11 is 0. The minimum atomic E-state index is -1.15. The highest BCUT2D eigenvalue weighted by Gasteiger charge is 2.19. The van der Waals surface area contributed by atoms with Crippen LogP contribution in [0.15, 0.2) is 18.5 Å². The molecule has 0 saturated carbocycles. The van der Waals surface area contributed by atoms with Crippen LogP contribution in [0, 0.1) is 0 Å². The molecule has 3 heterocycles. The van der Waals surface area contributed by atoms with Crippen LogP contribution in [0.3, 0.4) is 0 Å². The van der Waals surface area contributed by atoms with Crippen LogP contribution in [0.1, 0.15) is 31.1 Å². The van der Waals surface area contributed by atoms with Gasteiger partial charge in [0.1, 0.15) is 0 Å². The Kier molecular flexibility index (Phi) is 4.73. The molecule has 1 saturated heterocycles. The van der Waals surface area contributed by atoms with Crippen LogP contribution in [0.5, 0.6) is 0 Å². The second-order valence-electron chi connectivity index (χ2n) is 5.70. The first-order chi connectivity index (χ1) is 11.2. The Hall–Kier alpha value is -2.19. The highest BCUT2D eigenvalue weighted by atomic mass is 16.5. The molecule has 1 aliphatic rings. The summed E-state index contributed by atoms with van der Waals surface area (Å²) in [6, 6.07) is 1.37. The lowest BCUT2D eigenvalue weighted by Crippen LogP contribution is -2.38. The molecule has 0 radical (unpaired) electrons. The van der Waals surface area contributed by atoms with Crippen LogP contribution in [0.25, 0.3) is 11.0 Å². The predicted molar refractivity (Wildman–Crippen MR) is 82.1 cm³/mol. The van der Waals surface area contributed by atoms with E-state index in [1.165, 1.54) is 0 Å². The number of ether oxygens (including phenoxy) is 1. The molecule has 0 spiro atoms. The first kappa shape index (κ1) is 15.7. The van der Waals surface area contributed by atoms with Crippen molar-refractivity contribution in [2.75, 3.05) is 13.2 Å². The fraction of sp³-hybridized carbons (Fsp3) is 0.533. The second kappa shape index (κ2) is 6.93. The van der Waals surface area contributed by atoms with Gasteiger partial charge in [-0.25, -0.2) is 14.5 Å². The molecule has 2 aromatic rings. The van der Waals surface area contributed by atoms with Gasteiger partial charge in [0.15, 0.2) is 11.9 Å². The van der Waals surface area contributed by atoms with Gasteiger partial charge in [-0.05, 0) is 37.3 Å². The largest absolute Gasteiger partial charge is 0.465 e. The van der Waals surface area contributed by atoms with Crippen molar-refractivity contribution in [3.63, 3.8) is 0 Å². The number of pyridine rings is 1. The van der Waals surface area contributed by atoms with Gasteiger partial charge in [-0.15, -0.1) is 0 Å². The van der Waals surface area contributed by atoms with Gasteiger partial charge in [0.05, 0.1) is 18.8 Å². The number of carbonyl (C=O) groups is 1. The van der Waals surface area contributed by atoms with Crippen molar-refractivity contribution in [3.05, 3.63) is 24.0 Å². The lowest BCUT2D eigenvalue weighted by molar-refractivity contribution is -0.0370. The molecule has 1 amide bonds. The first-order valence-electron chi connectivity index (χ1n) is 7.71. The summed E-state index contributed by atoms with van der Waals surface area (Å²) in [6.45, 7) is 0.475. The number of aromatic nitrogens is 3. The zero-order chi connectivity index (χ0) is 16.2. The van der Waals surface area contributed by atoms with E-state index in [-0.39, 0.29) is 12.8 Å². The summed E-state index contributed by atoms with van der Waals surface area (Å²) in [6.07, 6.45) is 5.69. The highest BCUT2D eigenvalue weighted by molar-refractivity contribution is 5.75. The smallest absolute Gasteiger partial charge is 0.404 e. The molecule has 2 atom stereocenters. The third kappa shape index (κ3) is 3.59. The van der Waals surface area contributed by atoms with Crippen LogP contribution in [0.4, 0.5) is 4.79 Å². The number of hydrogen-bond acceptors (Lipinski definition) is 5. The van der Waals surface area contributed by atoms with E-state index in [1.807, 2.05) is 6.07 Å². The fourth-order valence-electron chi connectivity index (χ4n) is 2.85. The summed E-state index contributed by atoms with van der Waals surface area (Å²) in [5.41, 5.74) is 1.60. The summed E-state index contributed by atoms with van der Waals surface area (Å²) in [5, 5.41) is 25.5. The number of nitrogens with zero attached hydrogens (tertiary/aromatic N) is 3. The van der Waals surface area contributed by atoms with Gasteiger partial charge in [-0.3, -0.25) is 0 Å². The lowest BCUT2D eigenvalue weighted by atomic mass is 10.1. The molecule has 3 rings (SSSR count). The molecule has 1 fully saturated rings. The van der Waals surface area contributed by atoms with E-state index in [2.05, 4.69) is 15.4 Å². The zero-order valence-electron chi connectivity index (χ0n) is 12.7. The molecule has 0 bridgehead atoms. The standard InChI is InChI=1S/C15H20N4O4/c20-9-12(18-15(21)22)6-10-5-11-8-17-19(14(11)16-7-10)13-3-1-2-4-23-13/h5,7-8,12-13,18,20H,1-4,6,9H2,(H,21,22)/t12-,13?/m0/s1. The maximum absolute atomic E-state index is 10.7. The Morgan fingerprint density at radius 1 is 1.48 bits per heavy atom. The highest BCUT2D eigenvalue weighted by Crippen LogP contribution is 2.25. The van der Waals surface area contributed by atoms with Crippen molar-refractivity contribution in [1.29, 1.82) is 0 Å². The Morgan fingerprint density at radius 2 is 2.35 bits per heavy atom. The van der Waals surface area contributed by atoms with Gasteiger partial charge < -0.3 is 20.3 Å². The molecule has 0 aliphatic carbocycles. The maximum atomic E-state index is 10.7. The lowest BCUT2D eigenvalue weighted by Gasteiger charge is -2.23. The molecule has 23 heavy (non-hydrogen) atoms. The van der Waals surface area contributed by atoms with Crippen molar-refractivity contribution < 1.29 is 19.7 Å². The van der Waals surface area contributed by atoms with Crippen LogP contribution in [0.2, 0.25) is 0 Å². The Morgan fingerprint density at radius 3 is 3.04 bits per heavy atom. The number of fused-ring (bicyclic) bond motifs is 1. The molecule has 1 unspecified atom stereocenters. The second-order valence-corrected chi connectivity index (χ2v) is 5.70. The molecular weight excluding hydrogens is 300 g/mol. The first-order valence-corrected chi connectivity index (χ1v) is 7.71. The predicted octanol–water partition coefficient (Wildman–Crippen LogP) is 1.30. The average Bonchev–Trinajstić information content (AvgIpc) is 2.97. The Bertz CT molecular complexity index is 681. The minimum Gasteiger partial charge on any atom is -0.465 e. The van der Waals surface area contributed by atoms with E-state index in [4.69, 9.17) is 9.84 Å². The molecule has 3 N–H and O–H groups in total. The van der Waals surface area contributed by atoms with E-state index in [9.17, 15) is 9.90 Å². The summed E-state index contributed by atoms with van der Waals surface area (Å²) < 4.78 is 7.54. The van der Waals surface area contributed by atoms with Crippen molar-refractivity contribution in [3.8, 4) is 0 Å². The van der Waals surface area contributed by atoms with E-state index < -0.39 is 12.1 Å². The molecule has 8 nitrogen and oxygen atoms in total. The topological polar surface area (TPSA) is 110 Å². The third-order valence-electron chi connectivity index (χ3n) is 3.95. The quantitative estimate of drug-likeness (QED) is 0.766. The van der Waals surface area contributed by atoms with Crippen LogP contribution in [-0.4, -0.2) is 50.3 Å². The van der Waals surface area contributed by atoms with Gasteiger partial charge >= 0.3 is 6.09 Å². The number of hydrogen-bond donors (Lipinski definition) is 3. The van der Waals surface area contributed by atoms with Crippen LogP contribution >= 0.6 is 0 Å². The van der Waals surface area contributed by atoms with Crippen molar-refractivity contribution in [1.82, 2.24) is 20.1 Å². The average molecular weight is 320 g/mol. The number of carboxylic acid groups (broad SMARTS) is 1. The van der Waals surface area contributed by atoms with Gasteiger partial charge in [0.25, 0.3) is 0 Å². The SMILES string of the molecule is O=C(O)N[C@H](CO)Cc1cnc2c(cnn2C2CCCCO2)c1. The fourth-order valence-corrected chi connectivity index (χ4v) is 2.85. The minimum absolute atomic E-state index is 0.0709. The number of aliphatic hydroxyl groups is 1. The van der Waals surface area contributed by atoms with Crippen molar-refractivity contribution in [2.45, 2.75) is 38.0 Å². The molecule has 1 aliphatic heterocycles. The number of aliphatic hydroxyl groups excluding tert-OH is 1. The Labute approximate surface area is 133 Å². The molecule has 124 valence electrons. The number of nitrogens with one attached hydrogen (secondary N) is 1. The van der Waals surface area contributed by atoms with Gasteiger partial charge in [-0.1, -0.05) is 0 Å². The Balaban J connectivity index is 1.78. The summed E-state index contributed by atoms with van der Waals surface area (Å²) in [4.78, 5) is 15.1. The molecule has 2 aromatic heterocycles. The zero-order valence-corrected chi connectivity index (χ0v) is 12.7. The van der Waals surface area contributed by atoms with Crippen molar-refractivity contribution in [2.24, 2.45) is 0 Å². The monoisotopic (exact) mass is 320 g/mol. The normalized spacial score (nSPS) is 19.6.